The number of ether oxygens (including phenoxy) is 1. The van der Waals surface area contributed by atoms with Crippen molar-refractivity contribution < 1.29 is 4.74 Å². The van der Waals surface area contributed by atoms with E-state index in [4.69, 9.17) is 4.74 Å². The largest absolute Gasteiger partial charge is 0.378 e. The summed E-state index contributed by atoms with van der Waals surface area (Å²) in [6, 6.07) is 2.02. The van der Waals surface area contributed by atoms with Gasteiger partial charge in [0.2, 0.25) is 0 Å². The lowest BCUT2D eigenvalue weighted by atomic mass is 10.3. The first-order valence-electron chi connectivity index (χ1n) is 6.26. The summed E-state index contributed by atoms with van der Waals surface area (Å²) in [5.74, 6) is 3.54. The van der Waals surface area contributed by atoms with Crippen LogP contribution in [0.15, 0.2) is 6.07 Å². The number of nitrogens with zero attached hydrogens (tertiary/aromatic N) is 3. The molecule has 2 heterocycles. The summed E-state index contributed by atoms with van der Waals surface area (Å²) >= 11 is 0. The van der Waals surface area contributed by atoms with Crippen LogP contribution in [-0.4, -0.2) is 43.3 Å². The van der Waals surface area contributed by atoms with Gasteiger partial charge in [0.1, 0.15) is 17.5 Å². The molecule has 0 radical (unpaired) electrons. The molecule has 3 rings (SSSR count). The molecule has 0 bridgehead atoms. The van der Waals surface area contributed by atoms with Crippen LogP contribution < -0.4 is 10.2 Å². The Bertz CT molecular complexity index is 399. The highest BCUT2D eigenvalue weighted by molar-refractivity contribution is 5.50. The Hall–Kier alpha value is -1.36. The van der Waals surface area contributed by atoms with Crippen LogP contribution in [0.2, 0.25) is 0 Å². The first kappa shape index (κ1) is 10.8. The van der Waals surface area contributed by atoms with Crippen molar-refractivity contribution >= 4 is 11.6 Å². The van der Waals surface area contributed by atoms with E-state index in [0.29, 0.717) is 5.92 Å². The van der Waals surface area contributed by atoms with Gasteiger partial charge < -0.3 is 15.0 Å². The van der Waals surface area contributed by atoms with Crippen molar-refractivity contribution in [1.29, 1.82) is 0 Å². The molecular weight excluding hydrogens is 216 g/mol. The van der Waals surface area contributed by atoms with Crippen molar-refractivity contribution in [2.45, 2.75) is 18.8 Å². The van der Waals surface area contributed by atoms with Gasteiger partial charge in [-0.05, 0) is 12.8 Å². The van der Waals surface area contributed by atoms with Crippen LogP contribution in [-0.2, 0) is 4.74 Å². The molecule has 0 atom stereocenters. The molecule has 1 N–H and O–H groups in total. The zero-order valence-corrected chi connectivity index (χ0v) is 10.1. The molecule has 5 heteroatoms. The topological polar surface area (TPSA) is 50.3 Å². The quantitative estimate of drug-likeness (QED) is 0.852. The number of anilines is 2. The highest BCUT2D eigenvalue weighted by Crippen LogP contribution is 2.39. The monoisotopic (exact) mass is 234 g/mol. The highest BCUT2D eigenvalue weighted by atomic mass is 16.5. The lowest BCUT2D eigenvalue weighted by Gasteiger charge is -2.28. The van der Waals surface area contributed by atoms with E-state index in [1.165, 1.54) is 12.8 Å². The van der Waals surface area contributed by atoms with Crippen molar-refractivity contribution in [1.82, 2.24) is 9.97 Å². The summed E-state index contributed by atoms with van der Waals surface area (Å²) in [7, 11) is 1.90. The zero-order chi connectivity index (χ0) is 11.7. The third-order valence-corrected chi connectivity index (χ3v) is 3.26. The van der Waals surface area contributed by atoms with Gasteiger partial charge in [-0.2, -0.15) is 0 Å². The summed E-state index contributed by atoms with van der Waals surface area (Å²) in [5.41, 5.74) is 0. The second kappa shape index (κ2) is 4.49. The number of hydrogen-bond donors (Lipinski definition) is 1. The number of aromatic nitrogens is 2. The fourth-order valence-corrected chi connectivity index (χ4v) is 2.06. The van der Waals surface area contributed by atoms with Crippen molar-refractivity contribution in [3.63, 3.8) is 0 Å². The molecule has 1 aliphatic heterocycles. The molecule has 1 aromatic rings. The summed E-state index contributed by atoms with van der Waals surface area (Å²) < 4.78 is 5.37. The molecule has 2 fully saturated rings. The van der Waals surface area contributed by atoms with E-state index < -0.39 is 0 Å². The van der Waals surface area contributed by atoms with Gasteiger partial charge in [0.15, 0.2) is 0 Å². The van der Waals surface area contributed by atoms with Crippen LogP contribution >= 0.6 is 0 Å². The van der Waals surface area contributed by atoms with Gasteiger partial charge >= 0.3 is 0 Å². The van der Waals surface area contributed by atoms with Crippen molar-refractivity contribution in [3.05, 3.63) is 11.9 Å². The molecule has 1 aromatic heterocycles. The second-order valence-electron chi connectivity index (χ2n) is 4.59. The molecule has 5 nitrogen and oxygen atoms in total. The fraction of sp³-hybridized carbons (Fsp3) is 0.667. The Morgan fingerprint density at radius 1 is 1.29 bits per heavy atom. The maximum atomic E-state index is 5.37. The van der Waals surface area contributed by atoms with Crippen LogP contribution in [0.5, 0.6) is 0 Å². The predicted molar refractivity (Wildman–Crippen MR) is 66.6 cm³/mol. The molecule has 1 aliphatic carbocycles. The molecule has 0 unspecified atom stereocenters. The number of morpholine rings is 1. The number of nitrogens with one attached hydrogen (secondary N) is 1. The predicted octanol–water partition coefficient (Wildman–Crippen LogP) is 1.23. The van der Waals surface area contributed by atoms with E-state index in [1.807, 2.05) is 13.1 Å². The smallest absolute Gasteiger partial charge is 0.136 e. The Morgan fingerprint density at radius 2 is 2.06 bits per heavy atom. The Kier molecular flexibility index (Phi) is 2.84. The van der Waals surface area contributed by atoms with E-state index in [-0.39, 0.29) is 0 Å². The lowest BCUT2D eigenvalue weighted by Crippen LogP contribution is -2.37. The normalized spacial score (nSPS) is 20.4. The van der Waals surface area contributed by atoms with Gasteiger partial charge in [-0.1, -0.05) is 0 Å². The molecule has 1 saturated carbocycles. The summed E-state index contributed by atoms with van der Waals surface area (Å²) in [6.07, 6.45) is 2.46. The van der Waals surface area contributed by atoms with Crippen LogP contribution in [0.25, 0.3) is 0 Å². The molecule has 2 aliphatic rings. The number of rotatable bonds is 3. The second-order valence-corrected chi connectivity index (χ2v) is 4.59. The van der Waals surface area contributed by atoms with E-state index in [2.05, 4.69) is 20.2 Å². The average Bonchev–Trinajstić information content (AvgIpc) is 3.23. The van der Waals surface area contributed by atoms with Crippen molar-refractivity contribution in [3.8, 4) is 0 Å². The summed E-state index contributed by atoms with van der Waals surface area (Å²) in [5, 5.41) is 3.12. The van der Waals surface area contributed by atoms with Gasteiger partial charge in [-0.3, -0.25) is 0 Å². The van der Waals surface area contributed by atoms with E-state index in [0.717, 1.165) is 43.8 Å². The van der Waals surface area contributed by atoms with Crippen molar-refractivity contribution in [2.24, 2.45) is 0 Å². The molecule has 1 saturated heterocycles. The van der Waals surface area contributed by atoms with Crippen LogP contribution in [0.3, 0.4) is 0 Å². The maximum Gasteiger partial charge on any atom is 0.136 e. The standard InChI is InChI=1S/C12H18N4O/c1-13-10-8-11(16-4-6-17-7-5-16)15-12(14-10)9-2-3-9/h8-9H,2-7H2,1H3,(H,13,14,15). The average molecular weight is 234 g/mol. The first-order valence-corrected chi connectivity index (χ1v) is 6.26. The maximum absolute atomic E-state index is 5.37. The number of hydrogen-bond acceptors (Lipinski definition) is 5. The van der Waals surface area contributed by atoms with Gasteiger partial charge in [-0.15, -0.1) is 0 Å². The van der Waals surface area contributed by atoms with Gasteiger partial charge in [0, 0.05) is 32.1 Å². The first-order chi connectivity index (χ1) is 8.36. The minimum atomic E-state index is 0.586. The Balaban J connectivity index is 1.88. The molecule has 17 heavy (non-hydrogen) atoms. The SMILES string of the molecule is CNc1cc(N2CCOCC2)nc(C2CC2)n1. The van der Waals surface area contributed by atoms with Gasteiger partial charge in [-0.25, -0.2) is 9.97 Å². The van der Waals surface area contributed by atoms with Gasteiger partial charge in [0.05, 0.1) is 13.2 Å². The van der Waals surface area contributed by atoms with E-state index in [1.54, 1.807) is 0 Å². The minimum Gasteiger partial charge on any atom is -0.378 e. The van der Waals surface area contributed by atoms with Crippen LogP contribution in [0, 0.1) is 0 Å². The summed E-state index contributed by atoms with van der Waals surface area (Å²) in [4.78, 5) is 11.5. The van der Waals surface area contributed by atoms with Crippen LogP contribution in [0.1, 0.15) is 24.6 Å². The molecular formula is C12H18N4O. The van der Waals surface area contributed by atoms with E-state index in [9.17, 15) is 0 Å². The van der Waals surface area contributed by atoms with E-state index >= 15 is 0 Å². The molecule has 92 valence electrons. The van der Waals surface area contributed by atoms with Crippen molar-refractivity contribution in [2.75, 3.05) is 43.6 Å². The molecule has 0 aromatic carbocycles. The van der Waals surface area contributed by atoms with Crippen LogP contribution in [0.4, 0.5) is 11.6 Å². The lowest BCUT2D eigenvalue weighted by molar-refractivity contribution is 0.122. The third kappa shape index (κ3) is 2.34. The third-order valence-electron chi connectivity index (χ3n) is 3.26. The molecule has 0 amide bonds. The van der Waals surface area contributed by atoms with Gasteiger partial charge in [0.25, 0.3) is 0 Å². The Morgan fingerprint density at radius 3 is 2.71 bits per heavy atom. The Labute approximate surface area is 101 Å². The highest BCUT2D eigenvalue weighted by Gasteiger charge is 2.28. The minimum absolute atomic E-state index is 0.586. The zero-order valence-electron chi connectivity index (χ0n) is 10.1. The molecule has 0 spiro atoms. The summed E-state index contributed by atoms with van der Waals surface area (Å²) in [6.45, 7) is 3.42. The fourth-order valence-electron chi connectivity index (χ4n) is 2.06.